The zero-order valence-electron chi connectivity index (χ0n) is 12.2. The van der Waals surface area contributed by atoms with E-state index in [1.807, 2.05) is 42.5 Å². The summed E-state index contributed by atoms with van der Waals surface area (Å²) in [7, 11) is 0. The van der Waals surface area contributed by atoms with Crippen LogP contribution in [0, 0.1) is 0 Å². The van der Waals surface area contributed by atoms with Gasteiger partial charge in [0, 0.05) is 0 Å². The van der Waals surface area contributed by atoms with Crippen molar-refractivity contribution in [3.05, 3.63) is 84.4 Å². The molecule has 0 bridgehead atoms. The number of phenolic OH excluding ortho intramolecular Hbond substituents is 1. The lowest BCUT2D eigenvalue weighted by Gasteiger charge is -2.09. The zero-order chi connectivity index (χ0) is 16.1. The van der Waals surface area contributed by atoms with Gasteiger partial charge < -0.3 is 5.11 Å². The molecule has 0 aromatic heterocycles. The Balaban J connectivity index is 1.79. The van der Waals surface area contributed by atoms with Gasteiger partial charge in [-0.1, -0.05) is 48.5 Å². The average molecular weight is 306 g/mol. The average Bonchev–Trinajstić information content (AvgIpc) is 2.62. The summed E-state index contributed by atoms with van der Waals surface area (Å²) < 4.78 is 0. The van der Waals surface area contributed by atoms with Crippen LogP contribution in [0.1, 0.15) is 10.4 Å². The molecule has 0 saturated heterocycles. The van der Waals surface area contributed by atoms with Gasteiger partial charge in [-0.15, -0.1) is 0 Å². The second-order valence-corrected chi connectivity index (χ2v) is 4.86. The lowest BCUT2D eigenvalue weighted by molar-refractivity contribution is -0.149. The molecule has 0 aliphatic heterocycles. The predicted octanol–water partition coefficient (Wildman–Crippen LogP) is 4.21. The highest BCUT2D eigenvalue weighted by Crippen LogP contribution is 2.24. The molecule has 0 atom stereocenters. The summed E-state index contributed by atoms with van der Waals surface area (Å²) in [4.78, 5) is 22.2. The Morgan fingerprint density at radius 3 is 2.17 bits per heavy atom. The molecule has 3 rings (SSSR count). The van der Waals surface area contributed by atoms with Gasteiger partial charge in [0.1, 0.15) is 5.75 Å². The summed E-state index contributed by atoms with van der Waals surface area (Å²) in [6.07, 6.45) is 0. The normalized spacial score (nSPS) is 10.1. The first-order chi connectivity index (χ1) is 11.2. The highest BCUT2D eigenvalue weighted by Gasteiger charge is 2.15. The third-order valence-electron chi connectivity index (χ3n) is 3.28. The Morgan fingerprint density at radius 2 is 1.43 bits per heavy atom. The van der Waals surface area contributed by atoms with Crippen molar-refractivity contribution in [2.24, 2.45) is 0 Å². The van der Waals surface area contributed by atoms with Crippen molar-refractivity contribution in [1.29, 1.82) is 0 Å². The maximum atomic E-state index is 12.3. The van der Waals surface area contributed by atoms with Gasteiger partial charge in [0.05, 0.1) is 5.56 Å². The maximum absolute atomic E-state index is 12.3. The third kappa shape index (κ3) is 3.49. The van der Waals surface area contributed by atoms with Crippen molar-refractivity contribution in [3.63, 3.8) is 0 Å². The summed E-state index contributed by atoms with van der Waals surface area (Å²) >= 11 is 0. The van der Waals surface area contributed by atoms with Crippen molar-refractivity contribution in [3.8, 4) is 22.6 Å². The van der Waals surface area contributed by atoms with Crippen molar-refractivity contribution in [2.75, 3.05) is 0 Å². The molecule has 0 amide bonds. The highest BCUT2D eigenvalue weighted by molar-refractivity contribution is 5.97. The molecule has 0 fully saturated rings. The Hall–Kier alpha value is -3.27. The van der Waals surface area contributed by atoms with Crippen LogP contribution in [-0.2, 0) is 4.89 Å². The first-order valence-electron chi connectivity index (χ1n) is 7.06. The first kappa shape index (κ1) is 14.7. The molecule has 23 heavy (non-hydrogen) atoms. The number of aromatic hydroxyl groups is 1. The second kappa shape index (κ2) is 6.66. The lowest BCUT2D eigenvalue weighted by atomic mass is 10.00. The van der Waals surface area contributed by atoms with Gasteiger partial charge in [-0.05, 0) is 41.5 Å². The molecule has 0 aliphatic carbocycles. The van der Waals surface area contributed by atoms with E-state index in [-0.39, 0.29) is 5.75 Å². The molecular weight excluding hydrogens is 292 g/mol. The van der Waals surface area contributed by atoms with Crippen LogP contribution < -0.4 is 4.89 Å². The summed E-state index contributed by atoms with van der Waals surface area (Å²) in [6.45, 7) is 0. The van der Waals surface area contributed by atoms with E-state index >= 15 is 0 Å². The SMILES string of the molecule is O=C(OOc1ccc(O)cc1)c1ccccc1-c1ccccc1. The topological polar surface area (TPSA) is 55.8 Å². The number of phenols is 1. The number of carbonyl (C=O) groups excluding carboxylic acids is 1. The molecule has 0 aliphatic rings. The van der Waals surface area contributed by atoms with E-state index in [0.717, 1.165) is 11.1 Å². The Kier molecular flexibility index (Phi) is 4.25. The standard InChI is InChI=1S/C19H14O4/c20-15-10-12-16(13-11-15)22-23-19(21)18-9-5-4-8-17(18)14-6-2-1-3-7-14/h1-13,20H. The van der Waals surface area contributed by atoms with Crippen LogP contribution in [0.4, 0.5) is 0 Å². The Bertz CT molecular complexity index is 795. The second-order valence-electron chi connectivity index (χ2n) is 4.86. The minimum Gasteiger partial charge on any atom is -0.508 e. The number of hydrogen-bond donors (Lipinski definition) is 1. The van der Waals surface area contributed by atoms with Crippen LogP contribution in [0.2, 0.25) is 0 Å². The number of hydrogen-bond acceptors (Lipinski definition) is 4. The smallest absolute Gasteiger partial charge is 0.386 e. The zero-order valence-corrected chi connectivity index (χ0v) is 12.2. The van der Waals surface area contributed by atoms with Crippen LogP contribution in [0.5, 0.6) is 11.5 Å². The van der Waals surface area contributed by atoms with Gasteiger partial charge in [0.2, 0.25) is 0 Å². The molecule has 0 saturated carbocycles. The molecule has 0 radical (unpaired) electrons. The van der Waals surface area contributed by atoms with Crippen LogP contribution in [0.3, 0.4) is 0 Å². The minimum atomic E-state index is -0.586. The van der Waals surface area contributed by atoms with E-state index in [1.54, 1.807) is 12.1 Å². The molecule has 0 unspecified atom stereocenters. The Labute approximate surface area is 133 Å². The minimum absolute atomic E-state index is 0.109. The van der Waals surface area contributed by atoms with Crippen LogP contribution >= 0.6 is 0 Å². The number of carbonyl (C=O) groups is 1. The van der Waals surface area contributed by atoms with Crippen molar-refractivity contribution in [2.45, 2.75) is 0 Å². The van der Waals surface area contributed by atoms with Crippen LogP contribution in [-0.4, -0.2) is 11.1 Å². The fourth-order valence-electron chi connectivity index (χ4n) is 2.16. The van der Waals surface area contributed by atoms with E-state index in [4.69, 9.17) is 9.78 Å². The van der Waals surface area contributed by atoms with E-state index in [9.17, 15) is 9.90 Å². The number of rotatable bonds is 4. The molecule has 0 heterocycles. The van der Waals surface area contributed by atoms with Gasteiger partial charge in [-0.25, -0.2) is 9.68 Å². The van der Waals surface area contributed by atoms with E-state index in [1.165, 1.54) is 24.3 Å². The van der Waals surface area contributed by atoms with Crippen LogP contribution in [0.15, 0.2) is 78.9 Å². The Morgan fingerprint density at radius 1 is 0.783 bits per heavy atom. The van der Waals surface area contributed by atoms with Gasteiger partial charge in [-0.3, -0.25) is 4.89 Å². The lowest BCUT2D eigenvalue weighted by Crippen LogP contribution is -2.09. The number of benzene rings is 3. The molecule has 4 nitrogen and oxygen atoms in total. The molecule has 4 heteroatoms. The summed E-state index contributed by atoms with van der Waals surface area (Å²) in [6, 6.07) is 22.6. The van der Waals surface area contributed by atoms with Gasteiger partial charge in [0.15, 0.2) is 5.75 Å². The van der Waals surface area contributed by atoms with Crippen molar-refractivity contribution < 1.29 is 19.7 Å². The van der Waals surface area contributed by atoms with Gasteiger partial charge in [-0.2, -0.15) is 0 Å². The van der Waals surface area contributed by atoms with E-state index < -0.39 is 5.97 Å². The van der Waals surface area contributed by atoms with Crippen molar-refractivity contribution in [1.82, 2.24) is 0 Å². The van der Waals surface area contributed by atoms with Gasteiger partial charge in [0.25, 0.3) is 0 Å². The fraction of sp³-hybridized carbons (Fsp3) is 0. The van der Waals surface area contributed by atoms with Gasteiger partial charge >= 0.3 is 5.97 Å². The van der Waals surface area contributed by atoms with E-state index in [2.05, 4.69) is 0 Å². The molecule has 114 valence electrons. The molecule has 3 aromatic carbocycles. The predicted molar refractivity (Wildman–Crippen MR) is 86.0 cm³/mol. The van der Waals surface area contributed by atoms with Crippen LogP contribution in [0.25, 0.3) is 11.1 Å². The fourth-order valence-corrected chi connectivity index (χ4v) is 2.16. The summed E-state index contributed by atoms with van der Waals surface area (Å²) in [5, 5.41) is 9.21. The highest BCUT2D eigenvalue weighted by atomic mass is 17.2. The summed E-state index contributed by atoms with van der Waals surface area (Å²) in [5.74, 6) is -0.149. The molecule has 1 N–H and O–H groups in total. The first-order valence-corrected chi connectivity index (χ1v) is 7.06. The molecule has 3 aromatic rings. The third-order valence-corrected chi connectivity index (χ3v) is 3.28. The summed E-state index contributed by atoms with van der Waals surface area (Å²) in [5.41, 5.74) is 2.11. The molecular formula is C19H14O4. The monoisotopic (exact) mass is 306 g/mol. The largest absolute Gasteiger partial charge is 0.508 e. The maximum Gasteiger partial charge on any atom is 0.386 e. The van der Waals surface area contributed by atoms with Crippen molar-refractivity contribution >= 4 is 5.97 Å². The van der Waals surface area contributed by atoms with E-state index in [0.29, 0.717) is 11.3 Å². The molecule has 0 spiro atoms. The quantitative estimate of drug-likeness (QED) is 0.579.